The Bertz CT molecular complexity index is 751. The highest BCUT2D eigenvalue weighted by molar-refractivity contribution is 5.72. The number of rotatable bonds is 4. The van der Waals surface area contributed by atoms with Crippen LogP contribution in [0.4, 0.5) is 5.82 Å². The standard InChI is InChI=1S/C16H16N4O/c1-2-21-13-6-3-5-12(9-13)20-11-18-10-15(20)14-7-4-8-19-16(14)17/h3-11H,2H2,1H3,(H2,17,19). The van der Waals surface area contributed by atoms with Gasteiger partial charge in [0.05, 0.1) is 30.5 Å². The molecule has 0 saturated carbocycles. The molecule has 0 saturated heterocycles. The Hall–Kier alpha value is -2.82. The SMILES string of the molecule is CCOc1cccc(-n2cncc2-c2cccnc2N)c1. The van der Waals surface area contributed by atoms with E-state index in [0.717, 1.165) is 22.7 Å². The van der Waals surface area contributed by atoms with Crippen molar-refractivity contribution in [3.63, 3.8) is 0 Å². The fourth-order valence-corrected chi connectivity index (χ4v) is 2.22. The minimum absolute atomic E-state index is 0.486. The van der Waals surface area contributed by atoms with Crippen molar-refractivity contribution < 1.29 is 4.74 Å². The maximum atomic E-state index is 5.96. The average Bonchev–Trinajstić information content (AvgIpc) is 2.98. The normalized spacial score (nSPS) is 10.5. The van der Waals surface area contributed by atoms with Crippen LogP contribution in [-0.2, 0) is 0 Å². The molecule has 3 rings (SSSR count). The van der Waals surface area contributed by atoms with Gasteiger partial charge in [0.2, 0.25) is 0 Å². The maximum absolute atomic E-state index is 5.96. The summed E-state index contributed by atoms with van der Waals surface area (Å²) in [5.74, 6) is 1.31. The van der Waals surface area contributed by atoms with Crippen LogP contribution in [0.25, 0.3) is 16.9 Å². The Balaban J connectivity index is 2.07. The number of nitrogen functional groups attached to an aromatic ring is 1. The van der Waals surface area contributed by atoms with Crippen LogP contribution >= 0.6 is 0 Å². The Labute approximate surface area is 123 Å². The molecule has 0 spiro atoms. The third kappa shape index (κ3) is 2.58. The first kappa shape index (κ1) is 13.2. The van der Waals surface area contributed by atoms with E-state index in [1.807, 2.05) is 47.9 Å². The molecule has 0 fully saturated rings. The second-order valence-corrected chi connectivity index (χ2v) is 4.52. The third-order valence-electron chi connectivity index (χ3n) is 3.16. The zero-order valence-corrected chi connectivity index (χ0v) is 11.7. The van der Waals surface area contributed by atoms with Crippen molar-refractivity contribution in [1.29, 1.82) is 0 Å². The van der Waals surface area contributed by atoms with E-state index in [9.17, 15) is 0 Å². The fourth-order valence-electron chi connectivity index (χ4n) is 2.22. The largest absolute Gasteiger partial charge is 0.494 e. The predicted octanol–water partition coefficient (Wildman–Crippen LogP) is 2.92. The third-order valence-corrected chi connectivity index (χ3v) is 3.16. The number of aromatic nitrogens is 3. The molecule has 106 valence electrons. The molecular weight excluding hydrogens is 264 g/mol. The highest BCUT2D eigenvalue weighted by atomic mass is 16.5. The number of ether oxygens (including phenoxy) is 1. The van der Waals surface area contributed by atoms with Gasteiger partial charge in [0.15, 0.2) is 0 Å². The number of benzene rings is 1. The van der Waals surface area contributed by atoms with Crippen LogP contribution in [0.3, 0.4) is 0 Å². The molecule has 0 aliphatic heterocycles. The molecule has 2 aromatic heterocycles. The number of hydrogen-bond donors (Lipinski definition) is 1. The molecule has 1 aromatic carbocycles. The highest BCUT2D eigenvalue weighted by Crippen LogP contribution is 2.27. The lowest BCUT2D eigenvalue weighted by molar-refractivity contribution is 0.340. The molecular formula is C16H16N4O. The highest BCUT2D eigenvalue weighted by Gasteiger charge is 2.10. The van der Waals surface area contributed by atoms with Gasteiger partial charge in [-0.3, -0.25) is 4.57 Å². The Morgan fingerprint density at radius 3 is 2.95 bits per heavy atom. The number of pyridine rings is 1. The summed E-state index contributed by atoms with van der Waals surface area (Å²) in [5, 5.41) is 0. The van der Waals surface area contributed by atoms with E-state index in [2.05, 4.69) is 9.97 Å². The number of hydrogen-bond acceptors (Lipinski definition) is 4. The first-order valence-electron chi connectivity index (χ1n) is 6.76. The quantitative estimate of drug-likeness (QED) is 0.798. The summed E-state index contributed by atoms with van der Waals surface area (Å²) >= 11 is 0. The molecule has 0 bridgehead atoms. The van der Waals surface area contributed by atoms with Gasteiger partial charge >= 0.3 is 0 Å². The van der Waals surface area contributed by atoms with Crippen LogP contribution in [0.15, 0.2) is 55.1 Å². The second-order valence-electron chi connectivity index (χ2n) is 4.52. The smallest absolute Gasteiger partial charge is 0.132 e. The van der Waals surface area contributed by atoms with Crippen molar-refractivity contribution in [3.05, 3.63) is 55.1 Å². The summed E-state index contributed by atoms with van der Waals surface area (Å²) < 4.78 is 7.51. The summed E-state index contributed by atoms with van der Waals surface area (Å²) in [6, 6.07) is 11.7. The summed E-state index contributed by atoms with van der Waals surface area (Å²) in [5.41, 5.74) is 8.68. The summed E-state index contributed by atoms with van der Waals surface area (Å²) in [6.45, 7) is 2.60. The maximum Gasteiger partial charge on any atom is 0.132 e. The zero-order chi connectivity index (χ0) is 14.7. The monoisotopic (exact) mass is 280 g/mol. The lowest BCUT2D eigenvalue weighted by Crippen LogP contribution is -2.00. The molecule has 5 heteroatoms. The summed E-state index contributed by atoms with van der Waals surface area (Å²) in [4.78, 5) is 8.36. The van der Waals surface area contributed by atoms with Crippen molar-refractivity contribution in [2.24, 2.45) is 0 Å². The molecule has 0 unspecified atom stereocenters. The van der Waals surface area contributed by atoms with Gasteiger partial charge < -0.3 is 10.5 Å². The van der Waals surface area contributed by atoms with E-state index in [-0.39, 0.29) is 0 Å². The number of imidazole rings is 1. The van der Waals surface area contributed by atoms with Crippen molar-refractivity contribution in [2.45, 2.75) is 6.92 Å². The first-order valence-corrected chi connectivity index (χ1v) is 6.76. The molecule has 0 aliphatic rings. The Morgan fingerprint density at radius 2 is 2.14 bits per heavy atom. The van der Waals surface area contributed by atoms with E-state index >= 15 is 0 Å². The number of anilines is 1. The van der Waals surface area contributed by atoms with E-state index in [1.54, 1.807) is 18.7 Å². The Kier molecular flexibility index (Phi) is 3.55. The van der Waals surface area contributed by atoms with Gasteiger partial charge in [-0.15, -0.1) is 0 Å². The van der Waals surface area contributed by atoms with E-state index in [0.29, 0.717) is 12.4 Å². The van der Waals surface area contributed by atoms with Crippen molar-refractivity contribution >= 4 is 5.82 Å². The molecule has 0 radical (unpaired) electrons. The van der Waals surface area contributed by atoms with E-state index in [1.165, 1.54) is 0 Å². The molecule has 0 amide bonds. The Morgan fingerprint density at radius 1 is 1.24 bits per heavy atom. The predicted molar refractivity (Wildman–Crippen MR) is 82.4 cm³/mol. The fraction of sp³-hybridized carbons (Fsp3) is 0.125. The summed E-state index contributed by atoms with van der Waals surface area (Å²) in [7, 11) is 0. The molecule has 21 heavy (non-hydrogen) atoms. The van der Waals surface area contributed by atoms with Gasteiger partial charge in [-0.05, 0) is 31.2 Å². The number of nitrogens with zero attached hydrogens (tertiary/aromatic N) is 3. The zero-order valence-electron chi connectivity index (χ0n) is 11.7. The van der Waals surface area contributed by atoms with Gasteiger partial charge in [-0.2, -0.15) is 0 Å². The topological polar surface area (TPSA) is 66.0 Å². The van der Waals surface area contributed by atoms with Crippen LogP contribution in [0.1, 0.15) is 6.92 Å². The van der Waals surface area contributed by atoms with Crippen LogP contribution in [0.2, 0.25) is 0 Å². The van der Waals surface area contributed by atoms with Crippen molar-refractivity contribution in [3.8, 4) is 22.7 Å². The van der Waals surface area contributed by atoms with Gasteiger partial charge in [0.25, 0.3) is 0 Å². The van der Waals surface area contributed by atoms with Gasteiger partial charge in [-0.1, -0.05) is 6.07 Å². The van der Waals surface area contributed by atoms with E-state index < -0.39 is 0 Å². The molecule has 2 heterocycles. The van der Waals surface area contributed by atoms with Crippen LogP contribution < -0.4 is 10.5 Å². The molecule has 0 aliphatic carbocycles. The molecule has 2 N–H and O–H groups in total. The number of nitrogens with two attached hydrogens (primary N) is 1. The van der Waals surface area contributed by atoms with Crippen molar-refractivity contribution in [2.75, 3.05) is 12.3 Å². The van der Waals surface area contributed by atoms with Crippen LogP contribution in [-0.4, -0.2) is 21.1 Å². The van der Waals surface area contributed by atoms with E-state index in [4.69, 9.17) is 10.5 Å². The second kappa shape index (κ2) is 5.66. The van der Waals surface area contributed by atoms with Gasteiger partial charge in [-0.25, -0.2) is 9.97 Å². The molecule has 5 nitrogen and oxygen atoms in total. The molecule has 3 aromatic rings. The van der Waals surface area contributed by atoms with Gasteiger partial charge in [0.1, 0.15) is 11.6 Å². The minimum atomic E-state index is 0.486. The first-order chi connectivity index (χ1) is 10.3. The lowest BCUT2D eigenvalue weighted by Gasteiger charge is -2.11. The van der Waals surface area contributed by atoms with Crippen molar-refractivity contribution in [1.82, 2.24) is 14.5 Å². The average molecular weight is 280 g/mol. The lowest BCUT2D eigenvalue weighted by atomic mass is 10.2. The van der Waals surface area contributed by atoms with Crippen LogP contribution in [0, 0.1) is 0 Å². The molecule has 0 atom stereocenters. The summed E-state index contributed by atoms with van der Waals surface area (Å²) in [6.07, 6.45) is 5.21. The minimum Gasteiger partial charge on any atom is -0.494 e. The van der Waals surface area contributed by atoms with Gasteiger partial charge in [0, 0.05) is 17.8 Å². The van der Waals surface area contributed by atoms with Crippen LogP contribution in [0.5, 0.6) is 5.75 Å².